The number of aliphatic hydroxyl groups is 2. The number of carbonyl (C=O) groups excluding carboxylic acids is 1. The van der Waals surface area contributed by atoms with Crippen LogP contribution in [0.1, 0.15) is 62.2 Å². The molecule has 2 N–H and O–H groups in total. The first-order chi connectivity index (χ1) is 11.2. The molecular weight excluding hydrogens is 312 g/mol. The van der Waals surface area contributed by atoms with Crippen molar-refractivity contribution in [1.82, 2.24) is 10.1 Å². The minimum absolute atomic E-state index is 0.127. The number of aromatic nitrogens is 1. The molecule has 134 valence electrons. The van der Waals surface area contributed by atoms with Crippen LogP contribution in [-0.2, 0) is 4.74 Å². The minimum Gasteiger partial charge on any atom is -0.388 e. The van der Waals surface area contributed by atoms with E-state index in [4.69, 9.17) is 9.26 Å². The third-order valence-electron chi connectivity index (χ3n) is 5.22. The highest BCUT2D eigenvalue weighted by atomic mass is 16.5. The van der Waals surface area contributed by atoms with E-state index in [0.29, 0.717) is 43.8 Å². The number of nitrogens with zero attached hydrogens (tertiary/aromatic N) is 2. The van der Waals surface area contributed by atoms with Gasteiger partial charge in [-0.2, -0.15) is 0 Å². The van der Waals surface area contributed by atoms with E-state index in [1.165, 1.54) is 0 Å². The highest BCUT2D eigenvalue weighted by molar-refractivity contribution is 5.92. The highest BCUT2D eigenvalue weighted by Gasteiger charge is 2.49. The number of likely N-dealkylation sites (tertiary alicyclic amines) is 1. The summed E-state index contributed by atoms with van der Waals surface area (Å²) in [4.78, 5) is 14.3. The van der Waals surface area contributed by atoms with Gasteiger partial charge in [-0.15, -0.1) is 0 Å². The normalized spacial score (nSPS) is 30.1. The number of piperidine rings is 1. The molecule has 7 nitrogen and oxygen atoms in total. The second-order valence-electron chi connectivity index (χ2n) is 7.61. The largest absolute Gasteiger partial charge is 0.388 e. The maximum atomic E-state index is 12.6. The highest BCUT2D eigenvalue weighted by Crippen LogP contribution is 2.39. The van der Waals surface area contributed by atoms with E-state index < -0.39 is 17.3 Å². The Morgan fingerprint density at radius 3 is 2.62 bits per heavy atom. The Balaban J connectivity index is 1.63. The van der Waals surface area contributed by atoms with E-state index in [1.807, 2.05) is 13.8 Å². The molecule has 2 aliphatic rings. The Labute approximate surface area is 141 Å². The molecule has 2 saturated heterocycles. The number of ether oxygens (including phenoxy) is 1. The van der Waals surface area contributed by atoms with Crippen molar-refractivity contribution in [3.05, 3.63) is 17.5 Å². The molecule has 0 unspecified atom stereocenters. The van der Waals surface area contributed by atoms with Gasteiger partial charge in [0.2, 0.25) is 0 Å². The summed E-state index contributed by atoms with van der Waals surface area (Å²) < 4.78 is 11.0. The van der Waals surface area contributed by atoms with Gasteiger partial charge in [-0.1, -0.05) is 19.0 Å². The topological polar surface area (TPSA) is 96.0 Å². The lowest BCUT2D eigenvalue weighted by Gasteiger charge is -2.49. The molecule has 1 amide bonds. The van der Waals surface area contributed by atoms with Gasteiger partial charge in [-0.3, -0.25) is 4.79 Å². The number of carbonyl (C=O) groups is 1. The molecule has 3 heterocycles. The van der Waals surface area contributed by atoms with Crippen LogP contribution in [-0.4, -0.2) is 63.2 Å². The third-order valence-corrected chi connectivity index (χ3v) is 5.22. The molecule has 1 aromatic heterocycles. The average molecular weight is 338 g/mol. The fourth-order valence-electron chi connectivity index (χ4n) is 3.52. The van der Waals surface area contributed by atoms with Crippen molar-refractivity contribution in [2.75, 3.05) is 19.7 Å². The summed E-state index contributed by atoms with van der Waals surface area (Å²) in [7, 11) is 0. The Bertz CT molecular complexity index is 602. The Kier molecular flexibility index (Phi) is 4.44. The quantitative estimate of drug-likeness (QED) is 0.844. The van der Waals surface area contributed by atoms with Gasteiger partial charge in [0.25, 0.3) is 5.91 Å². The van der Waals surface area contributed by atoms with Gasteiger partial charge in [-0.25, -0.2) is 0 Å². The molecule has 7 heteroatoms. The van der Waals surface area contributed by atoms with E-state index in [2.05, 4.69) is 5.16 Å². The van der Waals surface area contributed by atoms with Gasteiger partial charge in [-0.05, 0) is 19.8 Å². The number of hydrogen-bond acceptors (Lipinski definition) is 6. The van der Waals surface area contributed by atoms with E-state index in [1.54, 1.807) is 17.9 Å². The van der Waals surface area contributed by atoms with Gasteiger partial charge in [0.1, 0.15) is 11.9 Å². The summed E-state index contributed by atoms with van der Waals surface area (Å²) in [5.41, 5.74) is -1.28. The van der Waals surface area contributed by atoms with Crippen molar-refractivity contribution >= 4 is 5.91 Å². The monoisotopic (exact) mass is 338 g/mol. The van der Waals surface area contributed by atoms with Crippen LogP contribution in [0.25, 0.3) is 0 Å². The van der Waals surface area contributed by atoms with Crippen molar-refractivity contribution < 1.29 is 24.3 Å². The van der Waals surface area contributed by atoms with E-state index >= 15 is 0 Å². The van der Waals surface area contributed by atoms with Crippen molar-refractivity contribution in [2.45, 2.75) is 63.3 Å². The van der Waals surface area contributed by atoms with E-state index in [9.17, 15) is 15.0 Å². The van der Waals surface area contributed by atoms with Crippen molar-refractivity contribution in [3.8, 4) is 0 Å². The molecule has 0 aliphatic carbocycles. The number of rotatable bonds is 2. The molecule has 2 fully saturated rings. The van der Waals surface area contributed by atoms with Crippen molar-refractivity contribution in [3.63, 3.8) is 0 Å². The standard InChI is InChI=1S/C17H26N2O5/c1-11(2)13-8-12(18-24-13)15(21)19-6-4-17(5-7-19)10-16(3,22)14(20)9-23-17/h8,11,14,20,22H,4-7,9-10H2,1-3H3/t14-,16-/m0/s1. The Morgan fingerprint density at radius 1 is 1.42 bits per heavy atom. The van der Waals surface area contributed by atoms with E-state index in [0.717, 1.165) is 0 Å². The molecule has 24 heavy (non-hydrogen) atoms. The zero-order valence-corrected chi connectivity index (χ0v) is 14.5. The van der Waals surface area contributed by atoms with Crippen LogP contribution in [0.4, 0.5) is 0 Å². The summed E-state index contributed by atoms with van der Waals surface area (Å²) in [5.74, 6) is 0.753. The lowest BCUT2D eigenvalue weighted by Crippen LogP contribution is -2.59. The van der Waals surface area contributed by atoms with Crippen LogP contribution in [0.2, 0.25) is 0 Å². The molecule has 0 aromatic carbocycles. The summed E-state index contributed by atoms with van der Waals surface area (Å²) in [5, 5.41) is 24.0. The van der Waals surface area contributed by atoms with Crippen molar-refractivity contribution in [2.24, 2.45) is 0 Å². The Hall–Kier alpha value is -1.44. The zero-order chi connectivity index (χ0) is 17.5. The van der Waals surface area contributed by atoms with Crippen LogP contribution in [0, 0.1) is 0 Å². The minimum atomic E-state index is -1.15. The van der Waals surface area contributed by atoms with Gasteiger partial charge >= 0.3 is 0 Å². The molecule has 0 bridgehead atoms. The molecule has 2 aliphatic heterocycles. The fraction of sp³-hybridized carbons (Fsp3) is 0.765. The van der Waals surface area contributed by atoms with Crippen LogP contribution >= 0.6 is 0 Å². The second-order valence-corrected chi connectivity index (χ2v) is 7.61. The second kappa shape index (κ2) is 6.13. The maximum absolute atomic E-state index is 12.6. The van der Waals surface area contributed by atoms with Crippen LogP contribution in [0.15, 0.2) is 10.6 Å². The van der Waals surface area contributed by atoms with Gasteiger partial charge in [0.05, 0.1) is 17.8 Å². The lowest BCUT2D eigenvalue weighted by molar-refractivity contribution is -0.221. The molecule has 1 spiro atoms. The number of aliphatic hydroxyl groups excluding tert-OH is 1. The molecule has 0 radical (unpaired) electrons. The molecule has 1 aromatic rings. The van der Waals surface area contributed by atoms with Gasteiger partial charge in [0, 0.05) is 31.5 Å². The van der Waals surface area contributed by atoms with Gasteiger partial charge in [0.15, 0.2) is 5.69 Å². The summed E-state index contributed by atoms with van der Waals surface area (Å²) in [6.45, 7) is 6.81. The maximum Gasteiger partial charge on any atom is 0.276 e. The average Bonchev–Trinajstić information content (AvgIpc) is 3.01. The van der Waals surface area contributed by atoms with E-state index in [-0.39, 0.29) is 18.4 Å². The fourth-order valence-corrected chi connectivity index (χ4v) is 3.52. The first kappa shape index (κ1) is 17.4. The van der Waals surface area contributed by atoms with Crippen molar-refractivity contribution in [1.29, 1.82) is 0 Å². The van der Waals surface area contributed by atoms with Crippen LogP contribution < -0.4 is 0 Å². The lowest BCUT2D eigenvalue weighted by atomic mass is 9.76. The molecule has 3 rings (SSSR count). The number of hydrogen-bond donors (Lipinski definition) is 2. The predicted molar refractivity (Wildman–Crippen MR) is 85.7 cm³/mol. The predicted octanol–water partition coefficient (Wildman–Crippen LogP) is 1.30. The number of amides is 1. The SMILES string of the molecule is CC(C)c1cc(C(=O)N2CCC3(CC2)C[C@](C)(O)[C@@H](O)CO3)no1. The first-order valence-corrected chi connectivity index (χ1v) is 8.53. The summed E-state index contributed by atoms with van der Waals surface area (Å²) in [6.07, 6.45) is 0.782. The molecular formula is C17H26N2O5. The van der Waals surface area contributed by atoms with Crippen LogP contribution in [0.3, 0.4) is 0 Å². The molecule has 2 atom stereocenters. The zero-order valence-electron chi connectivity index (χ0n) is 14.5. The van der Waals surface area contributed by atoms with Crippen LogP contribution in [0.5, 0.6) is 0 Å². The smallest absolute Gasteiger partial charge is 0.276 e. The third kappa shape index (κ3) is 3.20. The summed E-state index contributed by atoms with van der Waals surface area (Å²) in [6, 6.07) is 1.70. The first-order valence-electron chi connectivity index (χ1n) is 8.53. The summed E-state index contributed by atoms with van der Waals surface area (Å²) >= 11 is 0. The Morgan fingerprint density at radius 2 is 2.08 bits per heavy atom. The molecule has 0 saturated carbocycles. The van der Waals surface area contributed by atoms with Gasteiger partial charge < -0.3 is 24.4 Å².